The third-order valence-electron chi connectivity index (χ3n) is 10.7. The molecule has 2 unspecified atom stereocenters. The number of nitrogens with one attached hydrogen (secondary N) is 2. The highest BCUT2D eigenvalue weighted by Gasteiger charge is 2.44. The summed E-state index contributed by atoms with van der Waals surface area (Å²) in [6, 6.07) is 43.8. The van der Waals surface area contributed by atoms with E-state index in [1.165, 1.54) is 7.11 Å². The van der Waals surface area contributed by atoms with Crippen molar-refractivity contribution in [2.75, 3.05) is 25.1 Å². The van der Waals surface area contributed by atoms with Gasteiger partial charge in [-0.15, -0.1) is 0 Å². The maximum atomic E-state index is 13.9. The fraction of sp³-hybridized carbons (Fsp3) is 0.277. The Hall–Kier alpha value is -6.22. The van der Waals surface area contributed by atoms with Crippen molar-refractivity contribution in [2.24, 2.45) is 0 Å². The smallest absolute Gasteiger partial charge is 0.331 e. The van der Waals surface area contributed by atoms with Gasteiger partial charge in [0, 0.05) is 25.2 Å². The lowest BCUT2D eigenvalue weighted by Crippen LogP contribution is -2.61. The number of hydrogen-bond acceptors (Lipinski definition) is 7. The molecule has 56 heavy (non-hydrogen) atoms. The molecule has 0 radical (unpaired) electrons. The van der Waals surface area contributed by atoms with E-state index in [0.717, 1.165) is 39.1 Å². The Morgan fingerprint density at radius 1 is 0.661 bits per heavy atom. The molecule has 1 saturated heterocycles. The number of methoxy groups -OCH3 is 1. The summed E-state index contributed by atoms with van der Waals surface area (Å²) in [5, 5.41) is 6.04. The van der Waals surface area contributed by atoms with E-state index in [1.807, 2.05) is 153 Å². The highest BCUT2D eigenvalue weighted by Crippen LogP contribution is 2.31. The molecule has 0 aromatic heterocycles. The summed E-state index contributed by atoms with van der Waals surface area (Å²) in [7, 11) is 1.34. The monoisotopic (exact) mass is 751 g/mol. The van der Waals surface area contributed by atoms with Crippen molar-refractivity contribution < 1.29 is 28.7 Å². The number of amides is 2. The van der Waals surface area contributed by atoms with Gasteiger partial charge in [-0.1, -0.05) is 127 Å². The Labute approximate surface area is 329 Å². The second-order valence-corrected chi connectivity index (χ2v) is 14.4. The quantitative estimate of drug-likeness (QED) is 0.114. The number of benzene rings is 5. The van der Waals surface area contributed by atoms with Crippen LogP contribution in [-0.2, 0) is 41.7 Å². The van der Waals surface area contributed by atoms with E-state index >= 15 is 0 Å². The van der Waals surface area contributed by atoms with Crippen LogP contribution in [-0.4, -0.2) is 55.5 Å². The molecule has 0 aliphatic carbocycles. The summed E-state index contributed by atoms with van der Waals surface area (Å²) in [4.78, 5) is 56.1. The number of ether oxygens (including phenoxy) is 2. The highest BCUT2D eigenvalue weighted by molar-refractivity contribution is 5.91. The molecule has 5 aromatic carbocycles. The second kappa shape index (κ2) is 18.4. The summed E-state index contributed by atoms with van der Waals surface area (Å²) in [5.41, 5.74) is 5.28. The van der Waals surface area contributed by atoms with Gasteiger partial charge in [0.2, 0.25) is 11.8 Å². The van der Waals surface area contributed by atoms with Crippen LogP contribution in [0.1, 0.15) is 60.8 Å². The number of hydrogen-bond donors (Lipinski definition) is 2. The third kappa shape index (κ3) is 9.71. The number of carbonyl (C=O) groups is 4. The standard InChI is InChI=1S/C47H49N3O6/c1-33(37-16-9-5-10-17-37)44(52)49-47(46(54)55-3)26-28-50(29-27-47)41-21-13-20-40(31-41)34(2)43(51)48-42(45(53)56-32-36-14-7-4-8-15-36)30-35-22-24-39(25-23-35)38-18-11-6-12-19-38/h4-25,31,33-34,42H,26-30,32H2,1-3H3,(H,48,51)(H,49,52)/t33?,34?,42-/m0/s1. The molecule has 2 N–H and O–H groups in total. The average molecular weight is 752 g/mol. The van der Waals surface area contributed by atoms with Gasteiger partial charge in [0.15, 0.2) is 0 Å². The molecule has 1 heterocycles. The Kier molecular flexibility index (Phi) is 13.0. The molecule has 0 spiro atoms. The normalized spacial score (nSPS) is 15.1. The molecule has 6 rings (SSSR count). The molecule has 1 aliphatic heterocycles. The first-order valence-electron chi connectivity index (χ1n) is 19.1. The molecule has 5 aromatic rings. The zero-order chi connectivity index (χ0) is 39.5. The largest absolute Gasteiger partial charge is 0.467 e. The highest BCUT2D eigenvalue weighted by atomic mass is 16.5. The van der Waals surface area contributed by atoms with E-state index in [1.54, 1.807) is 0 Å². The van der Waals surface area contributed by atoms with Gasteiger partial charge in [0.25, 0.3) is 0 Å². The molecule has 3 atom stereocenters. The number of carbonyl (C=O) groups excluding carboxylic acids is 4. The van der Waals surface area contributed by atoms with Gasteiger partial charge in [-0.25, -0.2) is 9.59 Å². The van der Waals surface area contributed by atoms with Crippen LogP contribution in [0.5, 0.6) is 0 Å². The van der Waals surface area contributed by atoms with Gasteiger partial charge in [-0.05, 0) is 72.2 Å². The lowest BCUT2D eigenvalue weighted by atomic mass is 9.85. The number of piperidine rings is 1. The number of esters is 2. The first-order valence-corrected chi connectivity index (χ1v) is 19.1. The topological polar surface area (TPSA) is 114 Å². The minimum atomic E-state index is -1.15. The summed E-state index contributed by atoms with van der Waals surface area (Å²) in [6.45, 7) is 4.71. The first kappa shape index (κ1) is 39.5. The minimum absolute atomic E-state index is 0.0966. The van der Waals surface area contributed by atoms with Crippen molar-refractivity contribution >= 4 is 29.4 Å². The number of rotatable bonds is 14. The van der Waals surface area contributed by atoms with Crippen LogP contribution in [0, 0.1) is 0 Å². The Bertz CT molecular complexity index is 2080. The third-order valence-corrected chi connectivity index (χ3v) is 10.7. The average Bonchev–Trinajstić information content (AvgIpc) is 3.25. The fourth-order valence-electron chi connectivity index (χ4n) is 7.12. The van der Waals surface area contributed by atoms with Crippen molar-refractivity contribution in [3.63, 3.8) is 0 Å². The van der Waals surface area contributed by atoms with Gasteiger partial charge in [-0.2, -0.15) is 0 Å². The molecule has 288 valence electrons. The maximum absolute atomic E-state index is 13.9. The zero-order valence-corrected chi connectivity index (χ0v) is 32.2. The lowest BCUT2D eigenvalue weighted by Gasteiger charge is -2.41. The Balaban J connectivity index is 1.13. The zero-order valence-electron chi connectivity index (χ0n) is 32.2. The Morgan fingerprint density at radius 2 is 1.23 bits per heavy atom. The second-order valence-electron chi connectivity index (χ2n) is 14.4. The van der Waals surface area contributed by atoms with Crippen LogP contribution >= 0.6 is 0 Å². The van der Waals surface area contributed by atoms with Gasteiger partial charge >= 0.3 is 11.9 Å². The van der Waals surface area contributed by atoms with Crippen molar-refractivity contribution in [3.05, 3.63) is 162 Å². The fourth-order valence-corrected chi connectivity index (χ4v) is 7.12. The predicted molar refractivity (Wildman–Crippen MR) is 218 cm³/mol. The van der Waals surface area contributed by atoms with E-state index in [0.29, 0.717) is 25.9 Å². The predicted octanol–water partition coefficient (Wildman–Crippen LogP) is 7.36. The molecular formula is C47H49N3O6. The van der Waals surface area contributed by atoms with Crippen molar-refractivity contribution in [2.45, 2.75) is 63.1 Å². The van der Waals surface area contributed by atoms with E-state index < -0.39 is 35.4 Å². The molecule has 9 nitrogen and oxygen atoms in total. The van der Waals surface area contributed by atoms with Crippen LogP contribution in [0.2, 0.25) is 0 Å². The Morgan fingerprint density at radius 3 is 1.88 bits per heavy atom. The van der Waals surface area contributed by atoms with Crippen molar-refractivity contribution in [1.29, 1.82) is 0 Å². The van der Waals surface area contributed by atoms with Gasteiger partial charge in [-0.3, -0.25) is 9.59 Å². The lowest BCUT2D eigenvalue weighted by molar-refractivity contribution is -0.152. The van der Waals surface area contributed by atoms with E-state index in [9.17, 15) is 19.2 Å². The number of anilines is 1. The number of nitrogens with zero attached hydrogens (tertiary/aromatic N) is 1. The summed E-state index contributed by atoms with van der Waals surface area (Å²) in [6.07, 6.45) is 0.968. The van der Waals surface area contributed by atoms with Crippen LogP contribution in [0.4, 0.5) is 5.69 Å². The van der Waals surface area contributed by atoms with E-state index in [-0.39, 0.29) is 24.8 Å². The molecule has 0 bridgehead atoms. The van der Waals surface area contributed by atoms with Crippen LogP contribution < -0.4 is 15.5 Å². The van der Waals surface area contributed by atoms with Crippen molar-refractivity contribution in [1.82, 2.24) is 10.6 Å². The maximum Gasteiger partial charge on any atom is 0.331 e. The van der Waals surface area contributed by atoms with Gasteiger partial charge < -0.3 is 25.0 Å². The molecule has 1 aliphatic rings. The summed E-state index contributed by atoms with van der Waals surface area (Å²) >= 11 is 0. The first-order chi connectivity index (χ1) is 27.2. The van der Waals surface area contributed by atoms with Gasteiger partial charge in [0.05, 0.1) is 18.9 Å². The molecule has 2 amide bonds. The van der Waals surface area contributed by atoms with Gasteiger partial charge in [0.1, 0.15) is 18.2 Å². The molecular weight excluding hydrogens is 703 g/mol. The SMILES string of the molecule is COC(=O)C1(NC(=O)C(C)c2ccccc2)CCN(c2cccc(C(C)C(=O)N[C@@H](Cc3ccc(-c4ccccc4)cc3)C(=O)OCc3ccccc3)c2)CC1. The minimum Gasteiger partial charge on any atom is -0.467 e. The van der Waals surface area contributed by atoms with Crippen molar-refractivity contribution in [3.8, 4) is 11.1 Å². The van der Waals surface area contributed by atoms with E-state index in [2.05, 4.69) is 15.5 Å². The molecule has 9 heteroatoms. The van der Waals surface area contributed by atoms with E-state index in [4.69, 9.17) is 9.47 Å². The summed E-state index contributed by atoms with van der Waals surface area (Å²) < 4.78 is 10.9. The van der Waals surface area contributed by atoms with Crippen LogP contribution in [0.3, 0.4) is 0 Å². The molecule has 1 fully saturated rings. The molecule has 0 saturated carbocycles. The van der Waals surface area contributed by atoms with Crippen LogP contribution in [0.25, 0.3) is 11.1 Å². The van der Waals surface area contributed by atoms with Crippen LogP contribution in [0.15, 0.2) is 140 Å². The summed E-state index contributed by atoms with van der Waals surface area (Å²) in [5.74, 6) is -2.54.